The number of benzene rings is 2. The number of carbonyl (C=O) groups excluding carboxylic acids is 1. The zero-order valence-corrected chi connectivity index (χ0v) is 18.5. The first-order chi connectivity index (χ1) is 14.8. The van der Waals surface area contributed by atoms with Gasteiger partial charge in [-0.1, -0.05) is 11.6 Å². The van der Waals surface area contributed by atoms with Crippen molar-refractivity contribution in [3.05, 3.63) is 58.6 Å². The van der Waals surface area contributed by atoms with Crippen molar-refractivity contribution in [1.82, 2.24) is 4.90 Å². The van der Waals surface area contributed by atoms with E-state index in [1.54, 1.807) is 18.2 Å². The number of hydrogen-bond donors (Lipinski definition) is 1. The first-order valence-corrected chi connectivity index (χ1v) is 10.9. The van der Waals surface area contributed by atoms with Gasteiger partial charge in [-0.3, -0.25) is 4.79 Å². The molecule has 0 aliphatic carbocycles. The Hall–Kier alpha value is -2.75. The van der Waals surface area contributed by atoms with E-state index in [9.17, 15) is 9.90 Å². The van der Waals surface area contributed by atoms with E-state index < -0.39 is 5.54 Å². The predicted octanol–water partition coefficient (Wildman–Crippen LogP) is 3.85. The Kier molecular flexibility index (Phi) is 5.83. The highest BCUT2D eigenvalue weighted by atomic mass is 35.5. The molecule has 2 aliphatic rings. The van der Waals surface area contributed by atoms with Crippen molar-refractivity contribution in [1.29, 1.82) is 5.26 Å². The summed E-state index contributed by atoms with van der Waals surface area (Å²) in [5.74, 6) is 0.563. The molecule has 1 amide bonds. The minimum Gasteiger partial charge on any atom is -0.486 e. The number of nitrogens with zero attached hydrogens (tertiary/aromatic N) is 3. The summed E-state index contributed by atoms with van der Waals surface area (Å²) in [6, 6.07) is 14.7. The second kappa shape index (κ2) is 8.41. The average molecular weight is 440 g/mol. The molecule has 2 aromatic rings. The van der Waals surface area contributed by atoms with Gasteiger partial charge in [0.1, 0.15) is 17.9 Å². The highest BCUT2D eigenvalue weighted by molar-refractivity contribution is 6.31. The maximum Gasteiger partial charge on any atom is 0.254 e. The van der Waals surface area contributed by atoms with Crippen LogP contribution in [0.2, 0.25) is 5.02 Å². The standard InChI is InChI=1S/C24H26ClN3O3/c1-24(2)22(31-20-8-5-17(14-26)21(25)13-20)15-28(24)23(30)16-3-6-18(7-4-16)27-11-9-19(29)10-12-27/h3-8,13,19,22,29H,9-12,15H2,1-2H3/t22-/m0/s1. The summed E-state index contributed by atoms with van der Waals surface area (Å²) in [4.78, 5) is 17.1. The van der Waals surface area contributed by atoms with Crippen molar-refractivity contribution in [2.24, 2.45) is 0 Å². The number of aliphatic hydroxyl groups is 1. The third-order valence-corrected chi connectivity index (χ3v) is 6.67. The highest BCUT2D eigenvalue weighted by Gasteiger charge is 2.50. The smallest absolute Gasteiger partial charge is 0.254 e. The van der Waals surface area contributed by atoms with Crippen molar-refractivity contribution in [2.75, 3.05) is 24.5 Å². The van der Waals surface area contributed by atoms with Crippen molar-refractivity contribution in [3.63, 3.8) is 0 Å². The van der Waals surface area contributed by atoms with Gasteiger partial charge in [0, 0.05) is 30.4 Å². The molecule has 2 heterocycles. The van der Waals surface area contributed by atoms with Gasteiger partial charge in [-0.15, -0.1) is 0 Å². The van der Waals surface area contributed by atoms with Crippen LogP contribution in [0.4, 0.5) is 5.69 Å². The molecular weight excluding hydrogens is 414 g/mol. The number of hydrogen-bond acceptors (Lipinski definition) is 5. The second-order valence-corrected chi connectivity index (χ2v) is 9.10. The quantitative estimate of drug-likeness (QED) is 0.782. The van der Waals surface area contributed by atoms with Gasteiger partial charge in [0.15, 0.2) is 0 Å². The fourth-order valence-corrected chi connectivity index (χ4v) is 4.34. The number of aliphatic hydroxyl groups excluding tert-OH is 1. The van der Waals surface area contributed by atoms with Crippen molar-refractivity contribution < 1.29 is 14.6 Å². The van der Waals surface area contributed by atoms with Gasteiger partial charge in [-0.25, -0.2) is 0 Å². The molecule has 2 fully saturated rings. The molecule has 2 saturated heterocycles. The number of piperidine rings is 1. The van der Waals surface area contributed by atoms with Crippen LogP contribution < -0.4 is 9.64 Å². The third kappa shape index (κ3) is 4.21. The number of carbonyl (C=O) groups is 1. The lowest BCUT2D eigenvalue weighted by Gasteiger charge is -2.54. The molecule has 0 radical (unpaired) electrons. The molecule has 1 atom stereocenters. The molecule has 0 bridgehead atoms. The van der Waals surface area contributed by atoms with E-state index in [4.69, 9.17) is 21.6 Å². The SMILES string of the molecule is CC1(C)[C@@H](Oc2ccc(C#N)c(Cl)c2)CN1C(=O)c1ccc(N2CCC(O)CC2)cc1. The lowest BCUT2D eigenvalue weighted by atomic mass is 9.84. The lowest BCUT2D eigenvalue weighted by Crippen LogP contribution is -2.71. The van der Waals surface area contributed by atoms with Crippen LogP contribution in [0.15, 0.2) is 42.5 Å². The van der Waals surface area contributed by atoms with E-state index in [2.05, 4.69) is 4.90 Å². The molecule has 1 N–H and O–H groups in total. The van der Waals surface area contributed by atoms with Crippen LogP contribution in [0.3, 0.4) is 0 Å². The van der Waals surface area contributed by atoms with E-state index in [1.807, 2.05) is 49.1 Å². The first-order valence-electron chi connectivity index (χ1n) is 10.5. The number of rotatable bonds is 4. The minimum atomic E-state index is -0.473. The normalized spacial score (nSPS) is 20.7. The van der Waals surface area contributed by atoms with Gasteiger partial charge < -0.3 is 19.6 Å². The summed E-state index contributed by atoms with van der Waals surface area (Å²) in [5.41, 5.74) is 1.65. The number of nitriles is 1. The highest BCUT2D eigenvalue weighted by Crippen LogP contribution is 2.36. The Labute approximate surface area is 187 Å². The summed E-state index contributed by atoms with van der Waals surface area (Å²) < 4.78 is 6.05. The van der Waals surface area contributed by atoms with Crippen LogP contribution in [0.5, 0.6) is 5.75 Å². The summed E-state index contributed by atoms with van der Waals surface area (Å²) in [7, 11) is 0. The summed E-state index contributed by atoms with van der Waals surface area (Å²) >= 11 is 6.10. The predicted molar refractivity (Wildman–Crippen MR) is 120 cm³/mol. The number of halogens is 1. The van der Waals surface area contributed by atoms with Gasteiger partial charge in [-0.2, -0.15) is 5.26 Å². The van der Waals surface area contributed by atoms with Crippen molar-refractivity contribution >= 4 is 23.2 Å². The molecule has 31 heavy (non-hydrogen) atoms. The molecule has 2 aromatic carbocycles. The Bertz CT molecular complexity index is 1010. The van der Waals surface area contributed by atoms with Crippen LogP contribution in [-0.2, 0) is 0 Å². The van der Waals surface area contributed by atoms with Gasteiger partial charge >= 0.3 is 0 Å². The van der Waals surface area contributed by atoms with E-state index in [0.717, 1.165) is 31.6 Å². The molecule has 2 aliphatic heterocycles. The van der Waals surface area contributed by atoms with Crippen molar-refractivity contribution in [2.45, 2.75) is 44.4 Å². The Morgan fingerprint density at radius 3 is 2.45 bits per heavy atom. The Balaban J connectivity index is 1.39. The van der Waals surface area contributed by atoms with E-state index >= 15 is 0 Å². The zero-order chi connectivity index (χ0) is 22.2. The van der Waals surface area contributed by atoms with Crippen LogP contribution in [0, 0.1) is 11.3 Å². The molecule has 162 valence electrons. The molecule has 4 rings (SSSR count). The fraction of sp³-hybridized carbons (Fsp3) is 0.417. The zero-order valence-electron chi connectivity index (χ0n) is 17.7. The topological polar surface area (TPSA) is 76.8 Å². The largest absolute Gasteiger partial charge is 0.486 e. The van der Waals surface area contributed by atoms with E-state index in [-0.39, 0.29) is 18.1 Å². The van der Waals surface area contributed by atoms with Gasteiger partial charge in [0.05, 0.1) is 28.8 Å². The number of anilines is 1. The van der Waals surface area contributed by atoms with Crippen LogP contribution in [0.1, 0.15) is 42.6 Å². The molecule has 0 aromatic heterocycles. The molecule has 0 unspecified atom stereocenters. The van der Waals surface area contributed by atoms with Gasteiger partial charge in [0.25, 0.3) is 5.91 Å². The number of ether oxygens (including phenoxy) is 1. The van der Waals surface area contributed by atoms with Crippen molar-refractivity contribution in [3.8, 4) is 11.8 Å². The number of amides is 1. The molecule has 0 spiro atoms. The summed E-state index contributed by atoms with van der Waals surface area (Å²) in [5, 5.41) is 19.0. The lowest BCUT2D eigenvalue weighted by molar-refractivity contribution is -0.0788. The average Bonchev–Trinajstić information content (AvgIpc) is 2.77. The monoisotopic (exact) mass is 439 g/mol. The number of likely N-dealkylation sites (tertiary alicyclic amines) is 1. The molecular formula is C24H26ClN3O3. The minimum absolute atomic E-state index is 0.0247. The summed E-state index contributed by atoms with van der Waals surface area (Å²) in [6.45, 7) is 6.10. The Morgan fingerprint density at radius 2 is 1.87 bits per heavy atom. The van der Waals surface area contributed by atoms with E-state index in [1.165, 1.54) is 0 Å². The second-order valence-electron chi connectivity index (χ2n) is 8.69. The molecule has 0 saturated carbocycles. The van der Waals surface area contributed by atoms with E-state index in [0.29, 0.717) is 28.4 Å². The Morgan fingerprint density at radius 1 is 1.19 bits per heavy atom. The van der Waals surface area contributed by atoms with Gasteiger partial charge in [0.2, 0.25) is 0 Å². The third-order valence-electron chi connectivity index (χ3n) is 6.36. The molecule has 6 nitrogen and oxygen atoms in total. The fourth-order valence-electron chi connectivity index (χ4n) is 4.13. The van der Waals surface area contributed by atoms with Crippen LogP contribution >= 0.6 is 11.6 Å². The summed E-state index contributed by atoms with van der Waals surface area (Å²) in [6.07, 6.45) is 1.17. The maximum atomic E-state index is 13.1. The van der Waals surface area contributed by atoms with Crippen LogP contribution in [-0.4, -0.2) is 53.3 Å². The van der Waals surface area contributed by atoms with Crippen LogP contribution in [0.25, 0.3) is 0 Å². The van der Waals surface area contributed by atoms with Gasteiger partial charge in [-0.05, 0) is 63.1 Å². The molecule has 7 heteroatoms. The first kappa shape index (κ1) is 21.5. The maximum absolute atomic E-state index is 13.1.